The SMILES string of the molecule is CSc1nnc2c3c4c(sc3nc(SCc3ccccc3)n12)COC(C)(C)C4. The highest BCUT2D eigenvalue weighted by molar-refractivity contribution is 7.99. The fourth-order valence-electron chi connectivity index (χ4n) is 3.54. The minimum Gasteiger partial charge on any atom is -0.370 e. The maximum absolute atomic E-state index is 6.03. The number of hydrogen-bond donors (Lipinski definition) is 0. The molecule has 1 aliphatic rings. The van der Waals surface area contributed by atoms with Gasteiger partial charge in [0.15, 0.2) is 16.0 Å². The fourth-order valence-corrected chi connectivity index (χ4v) is 6.18. The molecule has 0 atom stereocenters. The third kappa shape index (κ3) is 3.12. The summed E-state index contributed by atoms with van der Waals surface area (Å²) < 4.78 is 8.15. The molecule has 0 amide bonds. The van der Waals surface area contributed by atoms with Crippen molar-refractivity contribution in [2.75, 3.05) is 6.26 Å². The molecule has 8 heteroatoms. The third-order valence-electron chi connectivity index (χ3n) is 4.91. The van der Waals surface area contributed by atoms with Crippen molar-refractivity contribution in [2.24, 2.45) is 0 Å². The highest BCUT2D eigenvalue weighted by atomic mass is 32.2. The van der Waals surface area contributed by atoms with Gasteiger partial charge in [-0.05, 0) is 31.2 Å². The lowest BCUT2D eigenvalue weighted by Gasteiger charge is -2.30. The Morgan fingerprint density at radius 2 is 2.00 bits per heavy atom. The van der Waals surface area contributed by atoms with E-state index in [1.807, 2.05) is 12.3 Å². The van der Waals surface area contributed by atoms with Crippen LogP contribution in [0.4, 0.5) is 0 Å². The highest BCUT2D eigenvalue weighted by Crippen LogP contribution is 2.41. The molecule has 3 aromatic heterocycles. The Hall–Kier alpha value is -1.61. The van der Waals surface area contributed by atoms with E-state index >= 15 is 0 Å². The van der Waals surface area contributed by atoms with Crippen LogP contribution in [-0.4, -0.2) is 31.4 Å². The number of benzene rings is 1. The Morgan fingerprint density at radius 3 is 2.79 bits per heavy atom. The molecule has 0 unspecified atom stereocenters. The van der Waals surface area contributed by atoms with E-state index in [9.17, 15) is 0 Å². The second-order valence-corrected chi connectivity index (χ2v) is 10.2. The fraction of sp³-hybridized carbons (Fsp3) is 0.350. The molecule has 144 valence electrons. The van der Waals surface area contributed by atoms with Gasteiger partial charge in [-0.2, -0.15) is 0 Å². The molecule has 4 aromatic rings. The van der Waals surface area contributed by atoms with Gasteiger partial charge in [0.1, 0.15) is 4.83 Å². The molecule has 0 radical (unpaired) electrons. The summed E-state index contributed by atoms with van der Waals surface area (Å²) in [6, 6.07) is 10.5. The first-order valence-corrected chi connectivity index (χ1v) is 12.1. The first kappa shape index (κ1) is 18.4. The summed E-state index contributed by atoms with van der Waals surface area (Å²) in [6.45, 7) is 4.93. The van der Waals surface area contributed by atoms with Crippen LogP contribution in [0.3, 0.4) is 0 Å². The highest BCUT2D eigenvalue weighted by Gasteiger charge is 2.31. The van der Waals surface area contributed by atoms with Crippen molar-refractivity contribution in [3.63, 3.8) is 0 Å². The summed E-state index contributed by atoms with van der Waals surface area (Å²) in [5.41, 5.74) is 3.36. The average Bonchev–Trinajstić information content (AvgIpc) is 3.26. The standard InChI is InChI=1S/C20H20N4OS3/c1-20(2)9-13-14(10-25-20)28-17-15(13)16-22-23-19(26-3)24(16)18(21-17)27-11-12-7-5-4-6-8-12/h4-8H,9-11H2,1-3H3. The summed E-state index contributed by atoms with van der Waals surface area (Å²) in [4.78, 5) is 7.35. The molecule has 5 rings (SSSR count). The summed E-state index contributed by atoms with van der Waals surface area (Å²) >= 11 is 5.07. The van der Waals surface area contributed by atoms with Crippen molar-refractivity contribution in [3.8, 4) is 0 Å². The van der Waals surface area contributed by atoms with E-state index in [0.717, 1.165) is 38.4 Å². The van der Waals surface area contributed by atoms with Gasteiger partial charge in [0.2, 0.25) is 0 Å². The second kappa shape index (κ2) is 7.02. The third-order valence-corrected chi connectivity index (χ3v) is 7.65. The zero-order valence-electron chi connectivity index (χ0n) is 15.9. The first-order valence-electron chi connectivity index (χ1n) is 9.10. The Kier molecular flexibility index (Phi) is 4.62. The van der Waals surface area contributed by atoms with Gasteiger partial charge in [0.05, 0.1) is 17.6 Å². The zero-order chi connectivity index (χ0) is 19.3. The average molecular weight is 429 g/mol. The van der Waals surface area contributed by atoms with Crippen LogP contribution in [0.1, 0.15) is 29.9 Å². The minimum absolute atomic E-state index is 0.166. The number of nitrogens with zero attached hydrogens (tertiary/aromatic N) is 4. The van der Waals surface area contributed by atoms with E-state index in [4.69, 9.17) is 9.72 Å². The Balaban J connectivity index is 1.67. The number of thioether (sulfide) groups is 2. The van der Waals surface area contributed by atoms with E-state index in [2.05, 4.69) is 52.7 Å². The molecule has 0 saturated carbocycles. The molecule has 0 saturated heterocycles. The van der Waals surface area contributed by atoms with Crippen LogP contribution in [0, 0.1) is 0 Å². The quantitative estimate of drug-likeness (QED) is 0.329. The normalized spacial score (nSPS) is 16.0. The molecule has 1 aromatic carbocycles. The summed E-state index contributed by atoms with van der Waals surface area (Å²) in [5, 5.41) is 12.0. The second-order valence-electron chi connectivity index (χ2n) is 7.42. The Morgan fingerprint density at radius 1 is 1.18 bits per heavy atom. The van der Waals surface area contributed by atoms with Gasteiger partial charge in [-0.1, -0.05) is 53.9 Å². The predicted molar refractivity (Wildman–Crippen MR) is 117 cm³/mol. The molecule has 28 heavy (non-hydrogen) atoms. The molecule has 1 aliphatic heterocycles. The van der Waals surface area contributed by atoms with Crippen molar-refractivity contribution >= 4 is 50.7 Å². The molecule has 5 nitrogen and oxygen atoms in total. The summed E-state index contributed by atoms with van der Waals surface area (Å²) in [6.07, 6.45) is 2.91. The number of thiophene rings is 1. The Labute approximate surface area is 175 Å². The van der Waals surface area contributed by atoms with Crippen LogP contribution in [0.5, 0.6) is 0 Å². The van der Waals surface area contributed by atoms with Crippen molar-refractivity contribution in [2.45, 2.75) is 48.5 Å². The van der Waals surface area contributed by atoms with Gasteiger partial charge in [-0.25, -0.2) is 9.38 Å². The van der Waals surface area contributed by atoms with E-state index in [-0.39, 0.29) is 5.60 Å². The zero-order valence-corrected chi connectivity index (χ0v) is 18.4. The van der Waals surface area contributed by atoms with Crippen LogP contribution in [0.15, 0.2) is 40.6 Å². The van der Waals surface area contributed by atoms with Crippen LogP contribution in [-0.2, 0) is 23.5 Å². The number of fused-ring (bicyclic) bond motifs is 5. The molecular weight excluding hydrogens is 408 g/mol. The lowest BCUT2D eigenvalue weighted by molar-refractivity contribution is -0.0379. The number of ether oxygens (including phenoxy) is 1. The molecule has 0 N–H and O–H groups in total. The first-order chi connectivity index (χ1) is 13.6. The molecule has 0 fully saturated rings. The van der Waals surface area contributed by atoms with E-state index in [0.29, 0.717) is 6.61 Å². The van der Waals surface area contributed by atoms with Crippen LogP contribution in [0.2, 0.25) is 0 Å². The largest absolute Gasteiger partial charge is 0.370 e. The van der Waals surface area contributed by atoms with Gasteiger partial charge < -0.3 is 4.74 Å². The van der Waals surface area contributed by atoms with Gasteiger partial charge in [0.25, 0.3) is 0 Å². The van der Waals surface area contributed by atoms with Crippen molar-refractivity contribution in [3.05, 3.63) is 46.3 Å². The molecule has 0 aliphatic carbocycles. The maximum Gasteiger partial charge on any atom is 0.197 e. The molecule has 4 heterocycles. The minimum atomic E-state index is -0.166. The van der Waals surface area contributed by atoms with Gasteiger partial charge in [-0.15, -0.1) is 21.5 Å². The number of hydrogen-bond acceptors (Lipinski definition) is 7. The molecular formula is C20H20N4OS3. The molecule has 0 spiro atoms. The van der Waals surface area contributed by atoms with E-state index < -0.39 is 0 Å². The van der Waals surface area contributed by atoms with E-state index in [1.54, 1.807) is 34.9 Å². The van der Waals surface area contributed by atoms with E-state index in [1.165, 1.54) is 16.0 Å². The number of rotatable bonds is 4. The van der Waals surface area contributed by atoms with Crippen molar-refractivity contribution in [1.29, 1.82) is 0 Å². The van der Waals surface area contributed by atoms with Gasteiger partial charge in [-0.3, -0.25) is 0 Å². The smallest absolute Gasteiger partial charge is 0.197 e. The summed E-state index contributed by atoms with van der Waals surface area (Å²) in [7, 11) is 0. The predicted octanol–water partition coefficient (Wildman–Crippen LogP) is 5.20. The van der Waals surface area contributed by atoms with Gasteiger partial charge >= 0.3 is 0 Å². The maximum atomic E-state index is 6.03. The van der Waals surface area contributed by atoms with Gasteiger partial charge in [0, 0.05) is 17.1 Å². The summed E-state index contributed by atoms with van der Waals surface area (Å²) in [5.74, 6) is 0.863. The molecule has 0 bridgehead atoms. The lowest BCUT2D eigenvalue weighted by atomic mass is 9.94. The lowest BCUT2D eigenvalue weighted by Crippen LogP contribution is -2.31. The monoisotopic (exact) mass is 428 g/mol. The van der Waals surface area contributed by atoms with Crippen LogP contribution < -0.4 is 0 Å². The van der Waals surface area contributed by atoms with Crippen LogP contribution in [0.25, 0.3) is 15.9 Å². The Bertz CT molecular complexity index is 1170. The van der Waals surface area contributed by atoms with Crippen molar-refractivity contribution in [1.82, 2.24) is 19.6 Å². The van der Waals surface area contributed by atoms with Crippen LogP contribution >= 0.6 is 34.9 Å². The van der Waals surface area contributed by atoms with Crippen molar-refractivity contribution < 1.29 is 4.74 Å². The number of aromatic nitrogens is 4. The topological polar surface area (TPSA) is 52.3 Å².